The van der Waals surface area contributed by atoms with Crippen LogP contribution in [0.4, 0.5) is 0 Å². The number of ether oxygens (including phenoxy) is 2. The summed E-state index contributed by atoms with van der Waals surface area (Å²) in [5.41, 5.74) is 8.68. The van der Waals surface area contributed by atoms with E-state index in [1.54, 1.807) is 19.3 Å². The second kappa shape index (κ2) is 8.88. The number of carbonyl (C=O) groups excluding carboxylic acids is 2. The van der Waals surface area contributed by atoms with Crippen LogP contribution >= 0.6 is 0 Å². The molecule has 3 rings (SSSR count). The van der Waals surface area contributed by atoms with Gasteiger partial charge < -0.3 is 20.5 Å². The molecule has 1 aliphatic carbocycles. The minimum Gasteiger partial charge on any atom is -0.463 e. The predicted molar refractivity (Wildman–Crippen MR) is 109 cm³/mol. The van der Waals surface area contributed by atoms with Crippen molar-refractivity contribution in [1.82, 2.24) is 10.3 Å². The topological polar surface area (TPSA) is 104 Å². The van der Waals surface area contributed by atoms with Crippen LogP contribution in [-0.2, 0) is 19.1 Å². The highest BCUT2D eigenvalue weighted by Crippen LogP contribution is 2.46. The van der Waals surface area contributed by atoms with E-state index in [4.69, 9.17) is 15.2 Å². The summed E-state index contributed by atoms with van der Waals surface area (Å²) in [6, 6.07) is 3.69. The third-order valence-corrected chi connectivity index (χ3v) is 5.15. The third kappa shape index (κ3) is 4.57. The van der Waals surface area contributed by atoms with Gasteiger partial charge in [-0.1, -0.05) is 19.9 Å². The van der Waals surface area contributed by atoms with E-state index in [1.807, 2.05) is 12.1 Å². The molecule has 1 aliphatic heterocycles. The Kier molecular flexibility index (Phi) is 6.49. The standard InChI is InChI=1S/C22H29N3O4/c1-4-29-21(27)20-16(13-28-9-7-23)25-15-10-22(2,3)11-17(26)19(15)18(20)14-6-5-8-24-12-14/h5-6,8,12,18,25H,4,7,9-11,13,23H2,1-3H3/t18-/m0/s1. The van der Waals surface area contributed by atoms with Gasteiger partial charge in [0.1, 0.15) is 0 Å². The molecule has 1 aromatic rings. The molecule has 0 amide bonds. The number of pyridine rings is 1. The number of dihydropyridines is 1. The largest absolute Gasteiger partial charge is 0.463 e. The van der Waals surface area contributed by atoms with Crippen LogP contribution in [0.3, 0.4) is 0 Å². The Morgan fingerprint density at radius 1 is 1.38 bits per heavy atom. The molecule has 2 aliphatic rings. The number of aromatic nitrogens is 1. The SMILES string of the molecule is CCOC(=O)C1=C(COCCN)NC2=C(C(=O)CC(C)(C)C2)[C@@H]1c1cccnc1. The second-order valence-corrected chi connectivity index (χ2v) is 8.13. The van der Waals surface area contributed by atoms with Gasteiger partial charge in [0, 0.05) is 42.5 Å². The summed E-state index contributed by atoms with van der Waals surface area (Å²) >= 11 is 0. The third-order valence-electron chi connectivity index (χ3n) is 5.15. The number of carbonyl (C=O) groups is 2. The molecule has 0 aromatic carbocycles. The molecule has 1 atom stereocenters. The first-order valence-electron chi connectivity index (χ1n) is 9.99. The first-order chi connectivity index (χ1) is 13.9. The van der Waals surface area contributed by atoms with Crippen molar-refractivity contribution in [3.05, 3.63) is 52.6 Å². The van der Waals surface area contributed by atoms with Gasteiger partial charge in [-0.2, -0.15) is 0 Å². The molecule has 7 nitrogen and oxygen atoms in total. The highest BCUT2D eigenvalue weighted by Gasteiger charge is 2.43. The molecule has 0 radical (unpaired) electrons. The number of rotatable bonds is 7. The number of hydrogen-bond acceptors (Lipinski definition) is 7. The zero-order valence-corrected chi connectivity index (χ0v) is 17.3. The number of esters is 1. The second-order valence-electron chi connectivity index (χ2n) is 8.13. The molecule has 0 unspecified atom stereocenters. The van der Waals surface area contributed by atoms with Crippen LogP contribution < -0.4 is 11.1 Å². The van der Waals surface area contributed by atoms with Crippen molar-refractivity contribution in [3.63, 3.8) is 0 Å². The lowest BCUT2D eigenvalue weighted by atomic mass is 9.69. The van der Waals surface area contributed by atoms with Crippen molar-refractivity contribution < 1.29 is 19.1 Å². The molecule has 1 aromatic heterocycles. The molecule has 7 heteroatoms. The van der Waals surface area contributed by atoms with Crippen LogP contribution in [0.5, 0.6) is 0 Å². The van der Waals surface area contributed by atoms with Gasteiger partial charge in [-0.05, 0) is 30.4 Å². The molecular formula is C22H29N3O4. The number of Topliss-reactive ketones (excluding diaryl/α,β-unsaturated/α-hetero) is 1. The van der Waals surface area contributed by atoms with E-state index in [0.717, 1.165) is 11.3 Å². The molecular weight excluding hydrogens is 370 g/mol. The van der Waals surface area contributed by atoms with Gasteiger partial charge in [-0.15, -0.1) is 0 Å². The minimum absolute atomic E-state index is 0.0429. The number of hydrogen-bond donors (Lipinski definition) is 2. The van der Waals surface area contributed by atoms with Crippen molar-refractivity contribution in [2.75, 3.05) is 26.4 Å². The van der Waals surface area contributed by atoms with Crippen LogP contribution in [-0.4, -0.2) is 43.1 Å². The van der Waals surface area contributed by atoms with Crippen molar-refractivity contribution in [3.8, 4) is 0 Å². The van der Waals surface area contributed by atoms with Gasteiger partial charge in [0.2, 0.25) is 0 Å². The lowest BCUT2D eigenvalue weighted by Crippen LogP contribution is -2.40. The van der Waals surface area contributed by atoms with Crippen LogP contribution in [0.15, 0.2) is 47.1 Å². The molecule has 2 heterocycles. The first-order valence-corrected chi connectivity index (χ1v) is 9.99. The van der Waals surface area contributed by atoms with Crippen LogP contribution in [0.2, 0.25) is 0 Å². The lowest BCUT2D eigenvalue weighted by Gasteiger charge is -2.39. The number of nitrogens with zero attached hydrogens (tertiary/aromatic N) is 1. The quantitative estimate of drug-likeness (QED) is 0.535. The molecule has 0 bridgehead atoms. The zero-order valence-electron chi connectivity index (χ0n) is 17.3. The van der Waals surface area contributed by atoms with Crippen molar-refractivity contribution >= 4 is 11.8 Å². The van der Waals surface area contributed by atoms with Gasteiger partial charge in [-0.25, -0.2) is 4.79 Å². The highest BCUT2D eigenvalue weighted by atomic mass is 16.5. The van der Waals surface area contributed by atoms with Gasteiger partial charge >= 0.3 is 5.97 Å². The van der Waals surface area contributed by atoms with Crippen LogP contribution in [0, 0.1) is 5.41 Å². The maximum atomic E-state index is 13.2. The molecule has 0 fully saturated rings. The number of nitrogens with one attached hydrogen (secondary N) is 1. The summed E-state index contributed by atoms with van der Waals surface area (Å²) in [6.07, 6.45) is 4.51. The van der Waals surface area contributed by atoms with Crippen LogP contribution in [0.1, 0.15) is 45.1 Å². The fourth-order valence-electron chi connectivity index (χ4n) is 4.05. The summed E-state index contributed by atoms with van der Waals surface area (Å²) in [4.78, 5) is 30.4. The summed E-state index contributed by atoms with van der Waals surface area (Å²) in [5, 5.41) is 3.34. The normalized spacial score (nSPS) is 21.0. The first kappa shape index (κ1) is 21.2. The average Bonchev–Trinajstić information content (AvgIpc) is 2.67. The summed E-state index contributed by atoms with van der Waals surface area (Å²) in [5.74, 6) is -0.940. The van der Waals surface area contributed by atoms with Crippen molar-refractivity contribution in [2.24, 2.45) is 11.1 Å². The van der Waals surface area contributed by atoms with E-state index in [9.17, 15) is 9.59 Å². The Labute approximate surface area is 171 Å². The lowest BCUT2D eigenvalue weighted by molar-refractivity contribution is -0.139. The molecule has 0 saturated carbocycles. The Morgan fingerprint density at radius 3 is 2.83 bits per heavy atom. The van der Waals surface area contributed by atoms with E-state index in [1.165, 1.54) is 0 Å². The van der Waals surface area contributed by atoms with Gasteiger partial charge in [-0.3, -0.25) is 9.78 Å². The Morgan fingerprint density at radius 2 is 2.17 bits per heavy atom. The summed E-state index contributed by atoms with van der Waals surface area (Å²) in [7, 11) is 0. The van der Waals surface area contributed by atoms with Crippen molar-refractivity contribution in [2.45, 2.75) is 39.5 Å². The van der Waals surface area contributed by atoms with E-state index in [-0.39, 0.29) is 24.4 Å². The van der Waals surface area contributed by atoms with E-state index in [0.29, 0.717) is 42.8 Å². The maximum Gasteiger partial charge on any atom is 0.336 e. The Hall–Kier alpha value is -2.51. The molecule has 156 valence electrons. The van der Waals surface area contributed by atoms with Gasteiger partial charge in [0.05, 0.1) is 31.1 Å². The van der Waals surface area contributed by atoms with Crippen molar-refractivity contribution in [1.29, 1.82) is 0 Å². The van der Waals surface area contributed by atoms with E-state index in [2.05, 4.69) is 24.1 Å². The number of allylic oxidation sites excluding steroid dienone is 2. The smallest absolute Gasteiger partial charge is 0.336 e. The van der Waals surface area contributed by atoms with E-state index < -0.39 is 11.9 Å². The fourth-order valence-corrected chi connectivity index (χ4v) is 4.05. The fraction of sp³-hybridized carbons (Fsp3) is 0.500. The number of nitrogens with two attached hydrogens (primary N) is 1. The molecule has 3 N–H and O–H groups in total. The molecule has 29 heavy (non-hydrogen) atoms. The Bertz CT molecular complexity index is 843. The van der Waals surface area contributed by atoms with Gasteiger partial charge in [0.15, 0.2) is 5.78 Å². The predicted octanol–water partition coefficient (Wildman–Crippen LogP) is 2.20. The average molecular weight is 399 g/mol. The highest BCUT2D eigenvalue weighted by molar-refractivity contribution is 6.04. The summed E-state index contributed by atoms with van der Waals surface area (Å²) in [6.45, 7) is 7.09. The minimum atomic E-state index is -0.529. The monoisotopic (exact) mass is 399 g/mol. The summed E-state index contributed by atoms with van der Waals surface area (Å²) < 4.78 is 11.0. The molecule has 0 saturated heterocycles. The number of ketones is 1. The van der Waals surface area contributed by atoms with Crippen LogP contribution in [0.25, 0.3) is 0 Å². The van der Waals surface area contributed by atoms with E-state index >= 15 is 0 Å². The zero-order chi connectivity index (χ0) is 21.0. The van der Waals surface area contributed by atoms with Gasteiger partial charge in [0.25, 0.3) is 0 Å². The molecule has 0 spiro atoms. The Balaban J connectivity index is 2.14. The maximum absolute atomic E-state index is 13.2.